The van der Waals surface area contributed by atoms with Crippen molar-refractivity contribution in [3.05, 3.63) is 69.8 Å². The van der Waals surface area contributed by atoms with E-state index in [4.69, 9.17) is 0 Å². The fourth-order valence-electron chi connectivity index (χ4n) is 2.40. The molecule has 0 atom stereocenters. The van der Waals surface area contributed by atoms with E-state index in [2.05, 4.69) is 0 Å². The molecular formula is C19H18F4. The number of aryl methyl sites for hydroxylation is 2. The zero-order valence-corrected chi connectivity index (χ0v) is 13.1. The summed E-state index contributed by atoms with van der Waals surface area (Å²) in [6, 6.07) is 4.94. The smallest absolute Gasteiger partial charge is 0.133 e. The monoisotopic (exact) mass is 322 g/mol. The van der Waals surface area contributed by atoms with Gasteiger partial charge in [0.25, 0.3) is 0 Å². The Bertz CT molecular complexity index is 686. The van der Waals surface area contributed by atoms with E-state index in [1.807, 2.05) is 6.92 Å². The molecule has 0 amide bonds. The maximum Gasteiger partial charge on any atom is 0.133 e. The topological polar surface area (TPSA) is 0 Å². The van der Waals surface area contributed by atoms with Gasteiger partial charge in [0.05, 0.1) is 0 Å². The van der Waals surface area contributed by atoms with E-state index in [9.17, 15) is 17.6 Å². The van der Waals surface area contributed by atoms with Crippen LogP contribution in [-0.2, 0) is 12.8 Å². The van der Waals surface area contributed by atoms with Crippen LogP contribution in [0.3, 0.4) is 0 Å². The lowest BCUT2D eigenvalue weighted by Crippen LogP contribution is -1.95. The van der Waals surface area contributed by atoms with Crippen molar-refractivity contribution in [3.8, 4) is 0 Å². The number of hydrogen-bond acceptors (Lipinski definition) is 0. The number of halogens is 4. The Kier molecular flexibility index (Phi) is 5.59. The highest BCUT2D eigenvalue weighted by Crippen LogP contribution is 2.22. The maximum atomic E-state index is 14.0. The first-order chi connectivity index (χ1) is 11.0. The molecule has 0 bridgehead atoms. The van der Waals surface area contributed by atoms with Gasteiger partial charge in [-0.25, -0.2) is 17.6 Å². The van der Waals surface area contributed by atoms with Crippen molar-refractivity contribution in [1.82, 2.24) is 0 Å². The van der Waals surface area contributed by atoms with Crippen LogP contribution in [0.4, 0.5) is 17.6 Å². The van der Waals surface area contributed by atoms with E-state index in [0.717, 1.165) is 18.6 Å². The highest BCUT2D eigenvalue weighted by atomic mass is 19.1. The van der Waals surface area contributed by atoms with Crippen LogP contribution >= 0.6 is 0 Å². The number of rotatable bonds is 5. The zero-order valence-electron chi connectivity index (χ0n) is 13.1. The molecule has 0 unspecified atom stereocenters. The minimum atomic E-state index is -0.749. The van der Waals surface area contributed by atoms with Crippen molar-refractivity contribution in [2.24, 2.45) is 0 Å². The molecule has 4 heteroatoms. The van der Waals surface area contributed by atoms with Crippen molar-refractivity contribution in [2.75, 3.05) is 0 Å². The molecule has 0 saturated carbocycles. The molecule has 0 aliphatic rings. The fraction of sp³-hybridized carbons (Fsp3) is 0.263. The second-order valence-corrected chi connectivity index (χ2v) is 5.38. The maximum absolute atomic E-state index is 14.0. The van der Waals surface area contributed by atoms with Crippen LogP contribution in [0, 0.1) is 23.3 Å². The number of benzene rings is 2. The molecule has 0 aliphatic heterocycles. The summed E-state index contributed by atoms with van der Waals surface area (Å²) in [7, 11) is 0. The zero-order chi connectivity index (χ0) is 17.0. The summed E-state index contributed by atoms with van der Waals surface area (Å²) < 4.78 is 55.7. The molecule has 0 spiro atoms. The van der Waals surface area contributed by atoms with Crippen LogP contribution in [0.2, 0.25) is 0 Å². The molecule has 2 aromatic carbocycles. The van der Waals surface area contributed by atoms with Crippen LogP contribution in [0.5, 0.6) is 0 Å². The highest BCUT2D eigenvalue weighted by Gasteiger charge is 2.11. The molecule has 0 fully saturated rings. The van der Waals surface area contributed by atoms with E-state index >= 15 is 0 Å². The Labute approximate surface area is 133 Å². The van der Waals surface area contributed by atoms with Crippen molar-refractivity contribution in [1.29, 1.82) is 0 Å². The van der Waals surface area contributed by atoms with Gasteiger partial charge >= 0.3 is 0 Å². The highest BCUT2D eigenvalue weighted by molar-refractivity contribution is 5.71. The van der Waals surface area contributed by atoms with Crippen molar-refractivity contribution in [3.63, 3.8) is 0 Å². The largest absolute Gasteiger partial charge is 0.206 e. The first-order valence-electron chi connectivity index (χ1n) is 7.60. The Morgan fingerprint density at radius 3 is 1.43 bits per heavy atom. The molecule has 0 nitrogen and oxygen atoms in total. The van der Waals surface area contributed by atoms with Crippen LogP contribution in [-0.4, -0.2) is 0 Å². The summed E-state index contributed by atoms with van der Waals surface area (Å²) in [6.07, 6.45) is 3.96. The van der Waals surface area contributed by atoms with Gasteiger partial charge < -0.3 is 0 Å². The van der Waals surface area contributed by atoms with Gasteiger partial charge in [0.1, 0.15) is 23.3 Å². The summed E-state index contributed by atoms with van der Waals surface area (Å²) in [5, 5.41) is 0. The molecule has 2 rings (SSSR count). The van der Waals surface area contributed by atoms with Gasteiger partial charge in [0.15, 0.2) is 0 Å². The lowest BCUT2D eigenvalue weighted by atomic mass is 10.0. The van der Waals surface area contributed by atoms with Gasteiger partial charge in [-0.05, 0) is 60.4 Å². The van der Waals surface area contributed by atoms with E-state index in [-0.39, 0.29) is 11.1 Å². The first-order valence-corrected chi connectivity index (χ1v) is 7.60. The minimum absolute atomic E-state index is 0.303. The molecule has 0 saturated heterocycles. The molecule has 0 N–H and O–H groups in total. The Hall–Kier alpha value is -2.10. The molecule has 0 aliphatic carbocycles. The second-order valence-electron chi connectivity index (χ2n) is 5.38. The molecule has 122 valence electrons. The Morgan fingerprint density at radius 1 is 0.696 bits per heavy atom. The molecule has 2 aromatic rings. The molecule has 0 radical (unpaired) electrons. The third-order valence-corrected chi connectivity index (χ3v) is 3.64. The lowest BCUT2D eigenvalue weighted by molar-refractivity contribution is 0.572. The van der Waals surface area contributed by atoms with Gasteiger partial charge in [-0.2, -0.15) is 0 Å². The van der Waals surface area contributed by atoms with Gasteiger partial charge in [-0.3, -0.25) is 0 Å². The third kappa shape index (κ3) is 4.01. The second kappa shape index (κ2) is 7.44. The van der Waals surface area contributed by atoms with E-state index in [1.165, 1.54) is 24.3 Å². The molecule has 0 heterocycles. The summed E-state index contributed by atoms with van der Waals surface area (Å²) in [4.78, 5) is 0. The standard InChI is InChI=1S/C19H18F4/c1-3-5-13-10-18(22)15(19(23)11-13)7-6-14-16(20)8-12(4-2)9-17(14)21/h6-11H,3-5H2,1-2H3/b7-6-. The van der Waals surface area contributed by atoms with Crippen LogP contribution in [0.15, 0.2) is 24.3 Å². The minimum Gasteiger partial charge on any atom is -0.206 e. The lowest BCUT2D eigenvalue weighted by Gasteiger charge is -2.06. The van der Waals surface area contributed by atoms with Crippen molar-refractivity contribution < 1.29 is 17.6 Å². The predicted molar refractivity (Wildman–Crippen MR) is 85.0 cm³/mol. The summed E-state index contributed by atoms with van der Waals surface area (Å²) in [6.45, 7) is 3.70. The average molecular weight is 322 g/mol. The summed E-state index contributed by atoms with van der Waals surface area (Å²) in [5.74, 6) is -2.98. The first kappa shape index (κ1) is 17.3. The van der Waals surface area contributed by atoms with E-state index in [0.29, 0.717) is 24.0 Å². The SMILES string of the molecule is CCCc1cc(F)c(/C=C\c2c(F)cc(CC)cc2F)c(F)c1. The van der Waals surface area contributed by atoms with E-state index < -0.39 is 23.3 Å². The molecule has 0 aromatic heterocycles. The fourth-order valence-corrected chi connectivity index (χ4v) is 2.40. The average Bonchev–Trinajstić information content (AvgIpc) is 2.48. The van der Waals surface area contributed by atoms with Crippen LogP contribution in [0.25, 0.3) is 12.2 Å². The quantitative estimate of drug-likeness (QED) is 0.473. The van der Waals surface area contributed by atoms with Crippen LogP contribution < -0.4 is 0 Å². The van der Waals surface area contributed by atoms with Crippen molar-refractivity contribution >= 4 is 12.2 Å². The van der Waals surface area contributed by atoms with Gasteiger partial charge in [0.2, 0.25) is 0 Å². The number of hydrogen-bond donors (Lipinski definition) is 0. The summed E-state index contributed by atoms with van der Waals surface area (Å²) >= 11 is 0. The van der Waals surface area contributed by atoms with Crippen LogP contribution in [0.1, 0.15) is 42.5 Å². The Balaban J connectivity index is 2.38. The predicted octanol–water partition coefficient (Wildman–Crippen LogP) is 5.93. The van der Waals surface area contributed by atoms with Crippen molar-refractivity contribution in [2.45, 2.75) is 33.1 Å². The normalized spacial score (nSPS) is 11.4. The van der Waals surface area contributed by atoms with E-state index in [1.54, 1.807) is 6.92 Å². The molecular weight excluding hydrogens is 304 g/mol. The van der Waals surface area contributed by atoms with Gasteiger partial charge in [-0.15, -0.1) is 0 Å². The van der Waals surface area contributed by atoms with Gasteiger partial charge in [-0.1, -0.05) is 20.3 Å². The third-order valence-electron chi connectivity index (χ3n) is 3.64. The summed E-state index contributed by atoms with van der Waals surface area (Å²) in [5.41, 5.74) is 0.476. The Morgan fingerprint density at radius 2 is 1.09 bits per heavy atom. The van der Waals surface area contributed by atoms with Gasteiger partial charge in [0, 0.05) is 11.1 Å². The molecule has 23 heavy (non-hydrogen) atoms.